The van der Waals surface area contributed by atoms with Gasteiger partial charge in [0.1, 0.15) is 11.5 Å². The van der Waals surface area contributed by atoms with E-state index >= 15 is 0 Å². The van der Waals surface area contributed by atoms with Crippen LogP contribution in [0.5, 0.6) is 11.5 Å². The van der Waals surface area contributed by atoms with Crippen LogP contribution >= 0.6 is 0 Å². The van der Waals surface area contributed by atoms with Gasteiger partial charge in [-0.15, -0.1) is 0 Å². The average Bonchev–Trinajstić information content (AvgIpc) is 2.79. The molecule has 6 heteroatoms. The van der Waals surface area contributed by atoms with Crippen molar-refractivity contribution in [2.75, 3.05) is 27.1 Å². The van der Waals surface area contributed by atoms with Crippen LogP contribution in [0.2, 0.25) is 0 Å². The van der Waals surface area contributed by atoms with Crippen molar-refractivity contribution in [2.45, 2.75) is 37.7 Å². The molecule has 1 fully saturated rings. The van der Waals surface area contributed by atoms with Gasteiger partial charge in [-0.2, -0.15) is 0 Å². The summed E-state index contributed by atoms with van der Waals surface area (Å²) in [5.74, 6) is 1.89. The van der Waals surface area contributed by atoms with Gasteiger partial charge in [-0.25, -0.2) is 0 Å². The molecule has 1 aliphatic carbocycles. The molecule has 2 aromatic carbocycles. The van der Waals surface area contributed by atoms with E-state index in [2.05, 4.69) is 5.32 Å². The smallest absolute Gasteiger partial charge is 0.251 e. The Morgan fingerprint density at radius 3 is 2.37 bits per heavy atom. The second-order valence-electron chi connectivity index (χ2n) is 7.88. The summed E-state index contributed by atoms with van der Waals surface area (Å²) in [6, 6.07) is 16.7. The van der Waals surface area contributed by atoms with Crippen molar-refractivity contribution in [3.8, 4) is 11.5 Å². The van der Waals surface area contributed by atoms with Crippen molar-refractivity contribution in [1.82, 2.24) is 5.32 Å². The Bertz CT molecular complexity index is 770. The molecule has 30 heavy (non-hydrogen) atoms. The fourth-order valence-electron chi connectivity index (χ4n) is 3.72. The van der Waals surface area contributed by atoms with E-state index in [9.17, 15) is 9.90 Å². The third-order valence-corrected chi connectivity index (χ3v) is 5.61. The minimum Gasteiger partial charge on any atom is -0.494 e. The number of methoxy groups -OCH3 is 1. The fraction of sp³-hybridized carbons (Fsp3) is 0.458. The Morgan fingerprint density at radius 1 is 1.03 bits per heavy atom. The molecule has 2 aromatic rings. The van der Waals surface area contributed by atoms with Crippen molar-refractivity contribution in [1.29, 1.82) is 0 Å². The highest BCUT2D eigenvalue weighted by molar-refractivity contribution is 5.94. The number of hydrogen-bond acceptors (Lipinski definition) is 5. The number of rotatable bonds is 10. The van der Waals surface area contributed by atoms with Gasteiger partial charge < -0.3 is 24.6 Å². The maximum absolute atomic E-state index is 12.4. The highest BCUT2D eigenvalue weighted by atomic mass is 16.7. The predicted octanol–water partition coefficient (Wildman–Crippen LogP) is 3.79. The van der Waals surface area contributed by atoms with E-state index in [1.165, 1.54) is 0 Å². The highest BCUT2D eigenvalue weighted by Gasteiger charge is 2.33. The zero-order chi connectivity index (χ0) is 21.2. The number of nitrogens with one attached hydrogen (secondary N) is 1. The molecule has 1 saturated carbocycles. The summed E-state index contributed by atoms with van der Waals surface area (Å²) >= 11 is 0. The van der Waals surface area contributed by atoms with Gasteiger partial charge in [0.15, 0.2) is 6.79 Å². The SMILES string of the molecule is COCOc1ccc(C(=O)NC[C@]2(O)CC[C@H](CCOc3ccccc3)CC2)cc1. The Morgan fingerprint density at radius 2 is 1.70 bits per heavy atom. The van der Waals surface area contributed by atoms with Gasteiger partial charge in [0, 0.05) is 19.2 Å². The minimum atomic E-state index is -0.839. The number of ether oxygens (including phenoxy) is 3. The summed E-state index contributed by atoms with van der Waals surface area (Å²) in [4.78, 5) is 12.4. The standard InChI is InChI=1S/C24H31NO5/c1-28-18-30-22-9-7-20(8-10-22)23(26)25-17-24(27)14-11-19(12-15-24)13-16-29-21-5-3-2-4-6-21/h2-10,19,27H,11-18H2,1H3,(H,25,26)/t19-,24-. The van der Waals surface area contributed by atoms with E-state index in [1.54, 1.807) is 31.4 Å². The van der Waals surface area contributed by atoms with E-state index in [1.807, 2.05) is 30.3 Å². The van der Waals surface area contributed by atoms with Crippen molar-refractivity contribution >= 4 is 5.91 Å². The first-order valence-corrected chi connectivity index (χ1v) is 10.5. The van der Waals surface area contributed by atoms with Crippen LogP contribution in [0.3, 0.4) is 0 Å². The molecular formula is C24H31NO5. The molecule has 0 aliphatic heterocycles. The number of hydrogen-bond donors (Lipinski definition) is 2. The highest BCUT2D eigenvalue weighted by Crippen LogP contribution is 2.33. The molecule has 0 unspecified atom stereocenters. The first-order chi connectivity index (χ1) is 14.6. The van der Waals surface area contributed by atoms with Gasteiger partial charge in [0.05, 0.1) is 12.2 Å². The second kappa shape index (κ2) is 11.0. The van der Waals surface area contributed by atoms with E-state index in [-0.39, 0.29) is 19.2 Å². The zero-order valence-corrected chi connectivity index (χ0v) is 17.5. The normalized spacial score (nSPS) is 21.1. The molecule has 0 heterocycles. The van der Waals surface area contributed by atoms with E-state index in [4.69, 9.17) is 14.2 Å². The van der Waals surface area contributed by atoms with Crippen LogP contribution in [-0.4, -0.2) is 43.7 Å². The molecule has 1 aliphatic rings. The number of para-hydroxylation sites is 1. The molecule has 6 nitrogen and oxygen atoms in total. The van der Waals surface area contributed by atoms with Crippen molar-refractivity contribution in [2.24, 2.45) is 5.92 Å². The number of carbonyl (C=O) groups is 1. The fourth-order valence-corrected chi connectivity index (χ4v) is 3.72. The summed E-state index contributed by atoms with van der Waals surface area (Å²) in [5.41, 5.74) is -0.302. The summed E-state index contributed by atoms with van der Waals surface area (Å²) in [5, 5.41) is 13.7. The molecule has 3 rings (SSSR count). The molecule has 162 valence electrons. The first-order valence-electron chi connectivity index (χ1n) is 10.5. The summed E-state index contributed by atoms with van der Waals surface area (Å²) < 4.78 is 16.0. The molecule has 0 aromatic heterocycles. The molecule has 0 radical (unpaired) electrons. The third kappa shape index (κ3) is 6.75. The van der Waals surface area contributed by atoms with Crippen LogP contribution < -0.4 is 14.8 Å². The molecular weight excluding hydrogens is 382 g/mol. The second-order valence-corrected chi connectivity index (χ2v) is 7.88. The summed E-state index contributed by atoms with van der Waals surface area (Å²) in [6.45, 7) is 1.12. The number of aliphatic hydroxyl groups is 1. The Balaban J connectivity index is 1.37. The summed E-state index contributed by atoms with van der Waals surface area (Å²) in [6.07, 6.45) is 4.24. The van der Waals surface area contributed by atoms with E-state index in [0.717, 1.165) is 25.0 Å². The lowest BCUT2D eigenvalue weighted by Gasteiger charge is -2.36. The lowest BCUT2D eigenvalue weighted by atomic mass is 9.77. The topological polar surface area (TPSA) is 77.0 Å². The Hall–Kier alpha value is -2.57. The van der Waals surface area contributed by atoms with Gasteiger partial charge in [0.25, 0.3) is 5.91 Å². The van der Waals surface area contributed by atoms with Gasteiger partial charge in [-0.05, 0) is 74.4 Å². The van der Waals surface area contributed by atoms with Gasteiger partial charge in [-0.3, -0.25) is 4.79 Å². The lowest BCUT2D eigenvalue weighted by molar-refractivity contribution is -0.00977. The summed E-state index contributed by atoms with van der Waals surface area (Å²) in [7, 11) is 1.55. The van der Waals surface area contributed by atoms with E-state index in [0.29, 0.717) is 36.7 Å². The molecule has 0 atom stereocenters. The Labute approximate surface area is 178 Å². The first kappa shape index (κ1) is 22.1. The molecule has 0 saturated heterocycles. The minimum absolute atomic E-state index is 0.165. The lowest BCUT2D eigenvalue weighted by Crippen LogP contribution is -2.45. The number of amides is 1. The van der Waals surface area contributed by atoms with Crippen molar-refractivity contribution < 1.29 is 24.1 Å². The largest absolute Gasteiger partial charge is 0.494 e. The van der Waals surface area contributed by atoms with E-state index < -0.39 is 5.60 Å². The maximum atomic E-state index is 12.4. The quantitative estimate of drug-likeness (QED) is 0.580. The molecule has 0 bridgehead atoms. The van der Waals surface area contributed by atoms with Gasteiger partial charge in [-0.1, -0.05) is 18.2 Å². The molecule has 1 amide bonds. The van der Waals surface area contributed by atoms with Crippen LogP contribution in [0.15, 0.2) is 54.6 Å². The van der Waals surface area contributed by atoms with Crippen LogP contribution in [-0.2, 0) is 4.74 Å². The predicted molar refractivity (Wildman–Crippen MR) is 115 cm³/mol. The van der Waals surface area contributed by atoms with Crippen molar-refractivity contribution in [3.63, 3.8) is 0 Å². The number of carbonyl (C=O) groups excluding carboxylic acids is 1. The van der Waals surface area contributed by atoms with Crippen LogP contribution in [0.4, 0.5) is 0 Å². The van der Waals surface area contributed by atoms with Crippen LogP contribution in [0, 0.1) is 5.92 Å². The monoisotopic (exact) mass is 413 g/mol. The number of benzene rings is 2. The zero-order valence-electron chi connectivity index (χ0n) is 17.5. The average molecular weight is 414 g/mol. The molecule has 0 spiro atoms. The van der Waals surface area contributed by atoms with Crippen molar-refractivity contribution in [3.05, 3.63) is 60.2 Å². The maximum Gasteiger partial charge on any atom is 0.251 e. The third-order valence-electron chi connectivity index (χ3n) is 5.61. The Kier molecular flexibility index (Phi) is 8.11. The van der Waals surface area contributed by atoms with Gasteiger partial charge in [0.2, 0.25) is 0 Å². The van der Waals surface area contributed by atoms with Gasteiger partial charge >= 0.3 is 0 Å². The van der Waals surface area contributed by atoms with Crippen LogP contribution in [0.25, 0.3) is 0 Å². The molecule has 2 N–H and O–H groups in total. The van der Waals surface area contributed by atoms with Crippen LogP contribution in [0.1, 0.15) is 42.5 Å².